The summed E-state index contributed by atoms with van der Waals surface area (Å²) in [7, 11) is 0. The summed E-state index contributed by atoms with van der Waals surface area (Å²) in [5, 5.41) is 5.27. The van der Waals surface area contributed by atoms with Crippen LogP contribution in [0.25, 0.3) is 22.2 Å². The van der Waals surface area contributed by atoms with Crippen molar-refractivity contribution >= 4 is 22.4 Å². The Morgan fingerprint density at radius 2 is 2.14 bits per heavy atom. The molecule has 0 spiro atoms. The summed E-state index contributed by atoms with van der Waals surface area (Å²) in [6.45, 7) is 0. The molecule has 0 aliphatic carbocycles. The van der Waals surface area contributed by atoms with Crippen LogP contribution in [0.5, 0.6) is 0 Å². The summed E-state index contributed by atoms with van der Waals surface area (Å²) < 4.78 is 0. The smallest absolute Gasteiger partial charge is 0.248 e. The number of thiophene rings is 1. The highest BCUT2D eigenvalue weighted by Crippen LogP contribution is 2.27. The molecule has 4 heterocycles. The molecule has 108 valence electrons. The number of hydrogen-bond donors (Lipinski definition) is 2. The number of hydrogen-bond acceptors (Lipinski definition) is 3. The zero-order valence-corrected chi connectivity index (χ0v) is 12.5. The Balaban J connectivity index is 1.78. The van der Waals surface area contributed by atoms with Crippen LogP contribution in [-0.2, 0) is 6.42 Å². The average molecular weight is 307 g/mol. The molecule has 4 aromatic heterocycles. The minimum atomic E-state index is -0.0746. The minimum Gasteiger partial charge on any atom is -0.346 e. The monoisotopic (exact) mass is 307 g/mol. The van der Waals surface area contributed by atoms with Crippen molar-refractivity contribution in [3.63, 3.8) is 0 Å². The number of H-pyrrole nitrogens is 2. The lowest BCUT2D eigenvalue weighted by atomic mass is 10.1. The second kappa shape index (κ2) is 5.27. The third kappa shape index (κ3) is 2.35. The Hall–Kier alpha value is -2.66. The van der Waals surface area contributed by atoms with Crippen LogP contribution in [-0.4, -0.2) is 15.0 Å². The molecular weight excluding hydrogens is 294 g/mol. The van der Waals surface area contributed by atoms with Gasteiger partial charge in [0.25, 0.3) is 0 Å². The van der Waals surface area contributed by atoms with Gasteiger partial charge in [-0.15, -0.1) is 0 Å². The van der Waals surface area contributed by atoms with Gasteiger partial charge < -0.3 is 9.97 Å². The molecule has 5 heteroatoms. The Morgan fingerprint density at radius 1 is 1.18 bits per heavy atom. The molecule has 0 aliphatic rings. The van der Waals surface area contributed by atoms with Gasteiger partial charge in [0.2, 0.25) is 5.56 Å². The van der Waals surface area contributed by atoms with E-state index in [1.54, 1.807) is 17.4 Å². The quantitative estimate of drug-likeness (QED) is 0.608. The van der Waals surface area contributed by atoms with Gasteiger partial charge in [0, 0.05) is 41.5 Å². The normalized spacial score (nSPS) is 11.1. The number of nitrogens with one attached hydrogen (secondary N) is 2. The van der Waals surface area contributed by atoms with Gasteiger partial charge in [0.1, 0.15) is 5.65 Å². The van der Waals surface area contributed by atoms with Gasteiger partial charge in [-0.25, -0.2) is 4.98 Å². The lowest BCUT2D eigenvalue weighted by Gasteiger charge is -2.02. The first kappa shape index (κ1) is 13.0. The van der Waals surface area contributed by atoms with Crippen molar-refractivity contribution in [1.29, 1.82) is 0 Å². The SMILES string of the molecule is O=c1cccc(Cc2c[nH]c3ncc(-c4ccsc4)cc23)[nH]1. The zero-order valence-electron chi connectivity index (χ0n) is 11.7. The summed E-state index contributed by atoms with van der Waals surface area (Å²) in [4.78, 5) is 22.0. The predicted octanol–water partition coefficient (Wildman–Crippen LogP) is 3.57. The van der Waals surface area contributed by atoms with Crippen molar-refractivity contribution in [3.8, 4) is 11.1 Å². The van der Waals surface area contributed by atoms with E-state index in [-0.39, 0.29) is 5.56 Å². The Morgan fingerprint density at radius 3 is 2.95 bits per heavy atom. The van der Waals surface area contributed by atoms with Gasteiger partial charge in [-0.2, -0.15) is 11.3 Å². The molecule has 0 amide bonds. The van der Waals surface area contributed by atoms with Gasteiger partial charge in [-0.05, 0) is 40.1 Å². The fourth-order valence-electron chi connectivity index (χ4n) is 2.59. The van der Waals surface area contributed by atoms with Crippen molar-refractivity contribution in [2.45, 2.75) is 6.42 Å². The largest absolute Gasteiger partial charge is 0.346 e. The molecule has 0 aliphatic heterocycles. The third-order valence-corrected chi connectivity index (χ3v) is 4.36. The van der Waals surface area contributed by atoms with E-state index in [0.29, 0.717) is 6.42 Å². The number of fused-ring (bicyclic) bond motifs is 1. The maximum atomic E-state index is 11.4. The van der Waals surface area contributed by atoms with Crippen LogP contribution in [0.4, 0.5) is 0 Å². The van der Waals surface area contributed by atoms with Gasteiger partial charge in [-0.1, -0.05) is 6.07 Å². The van der Waals surface area contributed by atoms with E-state index in [1.807, 2.05) is 18.5 Å². The maximum Gasteiger partial charge on any atom is 0.248 e. The lowest BCUT2D eigenvalue weighted by Crippen LogP contribution is -2.06. The summed E-state index contributed by atoms with van der Waals surface area (Å²) in [6.07, 6.45) is 4.51. The minimum absolute atomic E-state index is 0.0746. The summed E-state index contributed by atoms with van der Waals surface area (Å²) in [5.41, 5.74) is 5.10. The standard InChI is InChI=1S/C17H13N3OS/c21-16-3-1-2-14(20-16)6-13-9-19-17-15(13)7-12(8-18-17)11-4-5-22-10-11/h1-5,7-10H,6H2,(H,18,19)(H,20,21). The van der Waals surface area contributed by atoms with E-state index in [0.717, 1.165) is 27.9 Å². The van der Waals surface area contributed by atoms with E-state index in [2.05, 4.69) is 37.8 Å². The molecule has 0 saturated carbocycles. The van der Waals surface area contributed by atoms with E-state index in [1.165, 1.54) is 11.6 Å². The zero-order chi connectivity index (χ0) is 14.9. The van der Waals surface area contributed by atoms with Crippen LogP contribution in [0.3, 0.4) is 0 Å². The number of pyridine rings is 2. The predicted molar refractivity (Wildman–Crippen MR) is 89.3 cm³/mol. The van der Waals surface area contributed by atoms with Crippen molar-refractivity contribution in [1.82, 2.24) is 15.0 Å². The van der Waals surface area contributed by atoms with Crippen LogP contribution in [0.2, 0.25) is 0 Å². The van der Waals surface area contributed by atoms with Gasteiger partial charge in [0.05, 0.1) is 0 Å². The first-order valence-electron chi connectivity index (χ1n) is 6.96. The molecule has 4 aromatic rings. The number of nitrogens with zero attached hydrogens (tertiary/aromatic N) is 1. The molecular formula is C17H13N3OS. The van der Waals surface area contributed by atoms with Crippen molar-refractivity contribution in [3.05, 3.63) is 75.1 Å². The highest BCUT2D eigenvalue weighted by molar-refractivity contribution is 7.08. The van der Waals surface area contributed by atoms with Crippen LogP contribution >= 0.6 is 11.3 Å². The second-order valence-electron chi connectivity index (χ2n) is 5.16. The van der Waals surface area contributed by atoms with E-state index >= 15 is 0 Å². The highest BCUT2D eigenvalue weighted by atomic mass is 32.1. The first-order chi connectivity index (χ1) is 10.8. The molecule has 4 rings (SSSR count). The molecule has 0 fully saturated rings. The summed E-state index contributed by atoms with van der Waals surface area (Å²) in [5.74, 6) is 0. The summed E-state index contributed by atoms with van der Waals surface area (Å²) >= 11 is 1.67. The molecule has 0 saturated heterocycles. The van der Waals surface area contributed by atoms with Crippen LogP contribution in [0.15, 0.2) is 58.3 Å². The molecule has 0 bridgehead atoms. The van der Waals surface area contributed by atoms with Crippen LogP contribution in [0.1, 0.15) is 11.3 Å². The Bertz CT molecular complexity index is 982. The molecule has 2 N–H and O–H groups in total. The Labute approximate surface area is 130 Å². The fourth-order valence-corrected chi connectivity index (χ4v) is 3.26. The molecule has 22 heavy (non-hydrogen) atoms. The van der Waals surface area contributed by atoms with E-state index in [4.69, 9.17) is 0 Å². The number of aromatic amines is 2. The van der Waals surface area contributed by atoms with Crippen molar-refractivity contribution in [2.24, 2.45) is 0 Å². The average Bonchev–Trinajstić information content (AvgIpc) is 3.17. The fraction of sp³-hybridized carbons (Fsp3) is 0.0588. The maximum absolute atomic E-state index is 11.4. The molecule has 0 atom stereocenters. The Kier molecular flexibility index (Phi) is 3.12. The molecule has 0 aromatic carbocycles. The molecule has 0 radical (unpaired) electrons. The van der Waals surface area contributed by atoms with E-state index < -0.39 is 0 Å². The molecule has 0 unspecified atom stereocenters. The van der Waals surface area contributed by atoms with Crippen LogP contribution in [0, 0.1) is 0 Å². The number of aromatic nitrogens is 3. The van der Waals surface area contributed by atoms with Gasteiger partial charge in [0.15, 0.2) is 0 Å². The van der Waals surface area contributed by atoms with E-state index in [9.17, 15) is 4.79 Å². The first-order valence-corrected chi connectivity index (χ1v) is 7.91. The van der Waals surface area contributed by atoms with Crippen LogP contribution < -0.4 is 5.56 Å². The van der Waals surface area contributed by atoms with Crippen molar-refractivity contribution in [2.75, 3.05) is 0 Å². The van der Waals surface area contributed by atoms with Gasteiger partial charge >= 0.3 is 0 Å². The number of rotatable bonds is 3. The third-order valence-electron chi connectivity index (χ3n) is 3.68. The van der Waals surface area contributed by atoms with Crippen molar-refractivity contribution < 1.29 is 0 Å². The highest BCUT2D eigenvalue weighted by Gasteiger charge is 2.08. The van der Waals surface area contributed by atoms with Gasteiger partial charge in [-0.3, -0.25) is 4.79 Å². The summed E-state index contributed by atoms with van der Waals surface area (Å²) in [6, 6.07) is 9.47. The second-order valence-corrected chi connectivity index (χ2v) is 5.94. The molecule has 4 nitrogen and oxygen atoms in total. The lowest BCUT2D eigenvalue weighted by molar-refractivity contribution is 1.05. The topological polar surface area (TPSA) is 61.5 Å².